The first-order valence-corrected chi connectivity index (χ1v) is 7.32. The summed E-state index contributed by atoms with van der Waals surface area (Å²) in [5, 5.41) is 12.3. The van der Waals surface area contributed by atoms with E-state index >= 15 is 0 Å². The van der Waals surface area contributed by atoms with Gasteiger partial charge in [-0.25, -0.2) is 4.79 Å². The van der Waals surface area contributed by atoms with Crippen LogP contribution in [-0.2, 0) is 0 Å². The lowest BCUT2D eigenvalue weighted by atomic mass is 10.0. The third-order valence-electron chi connectivity index (χ3n) is 3.87. The number of ether oxygens (including phenoxy) is 1. The second-order valence-electron chi connectivity index (χ2n) is 5.61. The maximum Gasteiger partial charge on any atom is 0.335 e. The smallest absolute Gasteiger partial charge is 0.335 e. The molecule has 0 amide bonds. The van der Waals surface area contributed by atoms with E-state index in [1.165, 1.54) is 25.7 Å². The van der Waals surface area contributed by atoms with Gasteiger partial charge in [-0.2, -0.15) is 0 Å². The van der Waals surface area contributed by atoms with Gasteiger partial charge >= 0.3 is 5.97 Å². The number of rotatable bonds is 9. The Labute approximate surface area is 120 Å². The summed E-state index contributed by atoms with van der Waals surface area (Å²) in [6.45, 7) is 4.66. The average Bonchev–Trinajstić information content (AvgIpc) is 3.19. The van der Waals surface area contributed by atoms with E-state index in [4.69, 9.17) is 9.84 Å². The summed E-state index contributed by atoms with van der Waals surface area (Å²) in [5.41, 5.74) is 0.813. The molecule has 0 aliphatic heterocycles. The van der Waals surface area contributed by atoms with Crippen LogP contribution in [0, 0.1) is 5.41 Å². The van der Waals surface area contributed by atoms with Gasteiger partial charge in [0.05, 0.1) is 5.56 Å². The van der Waals surface area contributed by atoms with Crippen molar-refractivity contribution in [3.05, 3.63) is 29.8 Å². The van der Waals surface area contributed by atoms with Gasteiger partial charge in [0, 0.05) is 13.1 Å². The van der Waals surface area contributed by atoms with Crippen molar-refractivity contribution in [2.24, 2.45) is 5.41 Å². The number of benzene rings is 1. The molecule has 4 nitrogen and oxygen atoms in total. The third kappa shape index (κ3) is 4.23. The Morgan fingerprint density at radius 1 is 1.45 bits per heavy atom. The van der Waals surface area contributed by atoms with Crippen LogP contribution in [0.3, 0.4) is 0 Å². The molecule has 0 aromatic heterocycles. The van der Waals surface area contributed by atoms with Gasteiger partial charge in [-0.3, -0.25) is 0 Å². The number of hydrogen-bond donors (Lipinski definition) is 2. The van der Waals surface area contributed by atoms with E-state index in [9.17, 15) is 4.79 Å². The summed E-state index contributed by atoms with van der Waals surface area (Å²) >= 11 is 0. The molecule has 0 bridgehead atoms. The lowest BCUT2D eigenvalue weighted by molar-refractivity contribution is 0.0696. The molecule has 2 N–H and O–H groups in total. The van der Waals surface area contributed by atoms with Gasteiger partial charge in [-0.05, 0) is 42.9 Å². The lowest BCUT2D eigenvalue weighted by Gasteiger charge is -2.15. The van der Waals surface area contributed by atoms with Gasteiger partial charge in [0.2, 0.25) is 0 Å². The molecule has 1 saturated carbocycles. The Morgan fingerprint density at radius 3 is 2.90 bits per heavy atom. The summed E-state index contributed by atoms with van der Waals surface area (Å²) in [6.07, 6.45) is 5.24. The molecule has 0 radical (unpaired) electrons. The fourth-order valence-corrected chi connectivity index (χ4v) is 2.54. The molecule has 110 valence electrons. The van der Waals surface area contributed by atoms with E-state index in [1.807, 2.05) is 0 Å². The van der Waals surface area contributed by atoms with Gasteiger partial charge in [0.15, 0.2) is 0 Å². The van der Waals surface area contributed by atoms with Crippen molar-refractivity contribution >= 4 is 5.97 Å². The van der Waals surface area contributed by atoms with Crippen molar-refractivity contribution in [1.29, 1.82) is 0 Å². The zero-order valence-electron chi connectivity index (χ0n) is 12.0. The van der Waals surface area contributed by atoms with Gasteiger partial charge in [-0.15, -0.1) is 0 Å². The average molecular weight is 277 g/mol. The maximum atomic E-state index is 10.8. The van der Waals surface area contributed by atoms with Crippen LogP contribution < -0.4 is 10.1 Å². The molecule has 0 atom stereocenters. The molecule has 1 aliphatic carbocycles. The normalized spacial score (nSPS) is 15.8. The highest BCUT2D eigenvalue weighted by atomic mass is 16.5. The quantitative estimate of drug-likeness (QED) is 0.681. The number of hydrogen-bond acceptors (Lipinski definition) is 3. The van der Waals surface area contributed by atoms with Crippen molar-refractivity contribution in [2.75, 3.05) is 19.7 Å². The largest absolute Gasteiger partial charge is 0.492 e. The van der Waals surface area contributed by atoms with Crippen molar-refractivity contribution in [2.45, 2.75) is 32.6 Å². The van der Waals surface area contributed by atoms with Crippen molar-refractivity contribution in [1.82, 2.24) is 5.32 Å². The summed E-state index contributed by atoms with van der Waals surface area (Å²) in [5.74, 6) is -0.315. The highest BCUT2D eigenvalue weighted by Gasteiger charge is 2.40. The molecule has 1 aromatic rings. The lowest BCUT2D eigenvalue weighted by Crippen LogP contribution is -2.28. The Kier molecular flexibility index (Phi) is 5.01. The van der Waals surface area contributed by atoms with Crippen LogP contribution in [0.2, 0.25) is 0 Å². The minimum atomic E-state index is -0.927. The second-order valence-corrected chi connectivity index (χ2v) is 5.61. The van der Waals surface area contributed by atoms with E-state index in [0.29, 0.717) is 17.8 Å². The van der Waals surface area contributed by atoms with Gasteiger partial charge in [0.1, 0.15) is 12.4 Å². The van der Waals surface area contributed by atoms with Crippen molar-refractivity contribution in [3.8, 4) is 5.75 Å². The third-order valence-corrected chi connectivity index (χ3v) is 3.87. The highest BCUT2D eigenvalue weighted by molar-refractivity contribution is 5.87. The van der Waals surface area contributed by atoms with Crippen LogP contribution >= 0.6 is 0 Å². The molecular formula is C16H23NO3. The Morgan fingerprint density at radius 2 is 2.25 bits per heavy atom. The fraction of sp³-hybridized carbons (Fsp3) is 0.562. The van der Waals surface area contributed by atoms with Crippen LogP contribution in [0.15, 0.2) is 24.3 Å². The summed E-state index contributed by atoms with van der Waals surface area (Å²) in [7, 11) is 0. The topological polar surface area (TPSA) is 58.6 Å². The summed E-state index contributed by atoms with van der Waals surface area (Å²) < 4.78 is 5.57. The first kappa shape index (κ1) is 14.9. The van der Waals surface area contributed by atoms with Crippen LogP contribution in [0.1, 0.15) is 43.0 Å². The number of aromatic carboxylic acids is 1. The standard InChI is InChI=1S/C16H23NO3/c1-2-6-16(7-8-16)12-17-9-10-20-14-5-3-4-13(11-14)15(18)19/h3-5,11,17H,2,6-10,12H2,1H3,(H,18,19). The molecule has 1 aromatic carbocycles. The van der Waals surface area contributed by atoms with Crippen LogP contribution in [0.25, 0.3) is 0 Å². The monoisotopic (exact) mass is 277 g/mol. The molecule has 0 unspecified atom stereocenters. The van der Waals surface area contributed by atoms with Crippen LogP contribution in [0.5, 0.6) is 5.75 Å². The fourth-order valence-electron chi connectivity index (χ4n) is 2.54. The minimum Gasteiger partial charge on any atom is -0.492 e. The van der Waals surface area contributed by atoms with Crippen LogP contribution in [-0.4, -0.2) is 30.8 Å². The zero-order chi connectivity index (χ0) is 14.4. The maximum absolute atomic E-state index is 10.8. The first-order chi connectivity index (χ1) is 9.65. The predicted molar refractivity (Wildman–Crippen MR) is 78.3 cm³/mol. The molecule has 1 fully saturated rings. The Bertz CT molecular complexity index is 455. The number of carboxylic acids is 1. The molecule has 0 heterocycles. The predicted octanol–water partition coefficient (Wildman–Crippen LogP) is 2.93. The zero-order valence-corrected chi connectivity index (χ0v) is 12.0. The van der Waals surface area contributed by atoms with E-state index < -0.39 is 5.97 Å². The highest BCUT2D eigenvalue weighted by Crippen LogP contribution is 2.48. The first-order valence-electron chi connectivity index (χ1n) is 7.32. The Balaban J connectivity index is 1.66. The summed E-state index contributed by atoms with van der Waals surface area (Å²) in [4.78, 5) is 10.8. The molecule has 0 saturated heterocycles. The van der Waals surface area contributed by atoms with Crippen molar-refractivity contribution < 1.29 is 14.6 Å². The minimum absolute atomic E-state index is 0.260. The summed E-state index contributed by atoms with van der Waals surface area (Å²) in [6, 6.07) is 6.61. The Hall–Kier alpha value is -1.55. The van der Waals surface area contributed by atoms with Gasteiger partial charge in [0.25, 0.3) is 0 Å². The van der Waals surface area contributed by atoms with Gasteiger partial charge < -0.3 is 15.2 Å². The van der Waals surface area contributed by atoms with Gasteiger partial charge in [-0.1, -0.05) is 19.4 Å². The second kappa shape index (κ2) is 6.75. The van der Waals surface area contributed by atoms with Crippen molar-refractivity contribution in [3.63, 3.8) is 0 Å². The van der Waals surface area contributed by atoms with E-state index in [-0.39, 0.29) is 5.56 Å². The SMILES string of the molecule is CCCC1(CNCCOc2cccc(C(=O)O)c2)CC1. The van der Waals surface area contributed by atoms with Crippen LogP contribution in [0.4, 0.5) is 0 Å². The van der Waals surface area contributed by atoms with E-state index in [0.717, 1.165) is 13.1 Å². The molecular weight excluding hydrogens is 254 g/mol. The molecule has 0 spiro atoms. The number of nitrogens with one attached hydrogen (secondary N) is 1. The number of carboxylic acid groups (broad SMARTS) is 1. The number of carbonyl (C=O) groups is 1. The molecule has 4 heteroatoms. The molecule has 2 rings (SSSR count). The molecule has 20 heavy (non-hydrogen) atoms. The van der Waals surface area contributed by atoms with E-state index in [2.05, 4.69) is 12.2 Å². The van der Waals surface area contributed by atoms with E-state index in [1.54, 1.807) is 24.3 Å². The molecule has 1 aliphatic rings.